The lowest BCUT2D eigenvalue weighted by Gasteiger charge is -2.11. The van der Waals surface area contributed by atoms with Crippen LogP contribution >= 0.6 is 0 Å². The third-order valence-electron chi connectivity index (χ3n) is 4.91. The van der Waals surface area contributed by atoms with E-state index in [4.69, 9.17) is 24.1 Å². The van der Waals surface area contributed by atoms with E-state index in [0.29, 0.717) is 41.5 Å². The second kappa shape index (κ2) is 13.6. The minimum absolute atomic E-state index is 0.0135. The molecule has 0 amide bonds. The Kier molecular flexibility index (Phi) is 10.6. The van der Waals surface area contributed by atoms with E-state index >= 15 is 0 Å². The molecule has 0 aliphatic carbocycles. The number of carbonyl (C=O) groups is 1. The lowest BCUT2D eigenvalue weighted by Crippen LogP contribution is -2.06. The maximum absolute atomic E-state index is 13.5. The minimum Gasteiger partial charge on any atom is -0.493 e. The van der Waals surface area contributed by atoms with Gasteiger partial charge < -0.3 is 29.4 Å². The first-order chi connectivity index (χ1) is 16.8. The van der Waals surface area contributed by atoms with Crippen molar-refractivity contribution in [2.24, 2.45) is 0 Å². The van der Waals surface area contributed by atoms with Gasteiger partial charge in [0.15, 0.2) is 23.0 Å². The van der Waals surface area contributed by atoms with E-state index in [1.807, 2.05) is 18.2 Å². The summed E-state index contributed by atoms with van der Waals surface area (Å²) < 4.78 is 46.7. The Morgan fingerprint density at radius 2 is 1.31 bits per heavy atom. The standard InChI is InChI=1S/C16H17F2NO2.C10H12O4/c1-20-15-6-3-11(9-16(15)21-2)7-8-19-14-5-4-12(17)10-13(14)18;1-13-8-4-3-7(6-10(11)12)5-9(8)14-2/h3-6,9-10,19H,7-8H2,1-2H3;3-5H,6H2,1-2H3,(H,11,12). The molecule has 35 heavy (non-hydrogen) atoms. The summed E-state index contributed by atoms with van der Waals surface area (Å²) in [4.78, 5) is 10.5. The zero-order chi connectivity index (χ0) is 25.8. The van der Waals surface area contributed by atoms with Crippen LogP contribution in [0.25, 0.3) is 0 Å². The van der Waals surface area contributed by atoms with Crippen molar-refractivity contribution >= 4 is 11.7 Å². The molecule has 0 spiro atoms. The Hall–Kier alpha value is -4.01. The molecule has 0 atom stereocenters. The van der Waals surface area contributed by atoms with Gasteiger partial charge in [-0.25, -0.2) is 8.78 Å². The van der Waals surface area contributed by atoms with Gasteiger partial charge in [-0.2, -0.15) is 0 Å². The van der Waals surface area contributed by atoms with Crippen molar-refractivity contribution < 1.29 is 37.6 Å². The van der Waals surface area contributed by atoms with Crippen molar-refractivity contribution in [2.45, 2.75) is 12.8 Å². The van der Waals surface area contributed by atoms with E-state index in [9.17, 15) is 13.6 Å². The Balaban J connectivity index is 0.000000269. The number of aliphatic carboxylic acids is 1. The normalized spacial score (nSPS) is 10.0. The van der Waals surface area contributed by atoms with Gasteiger partial charge in [0.2, 0.25) is 0 Å². The van der Waals surface area contributed by atoms with E-state index < -0.39 is 17.6 Å². The smallest absolute Gasteiger partial charge is 0.307 e. The van der Waals surface area contributed by atoms with Crippen LogP contribution in [0.15, 0.2) is 54.6 Å². The molecule has 3 rings (SSSR count). The fourth-order valence-corrected chi connectivity index (χ4v) is 3.18. The second-order valence-corrected chi connectivity index (χ2v) is 7.25. The maximum Gasteiger partial charge on any atom is 0.307 e. The first-order valence-electron chi connectivity index (χ1n) is 10.6. The van der Waals surface area contributed by atoms with Gasteiger partial charge in [0, 0.05) is 12.6 Å². The third kappa shape index (κ3) is 8.37. The lowest BCUT2D eigenvalue weighted by molar-refractivity contribution is -0.136. The number of benzene rings is 3. The van der Waals surface area contributed by atoms with Crippen molar-refractivity contribution in [3.63, 3.8) is 0 Å². The summed E-state index contributed by atoms with van der Waals surface area (Å²) in [6.07, 6.45) is 0.664. The number of nitrogens with one attached hydrogen (secondary N) is 1. The molecule has 9 heteroatoms. The number of carboxylic acid groups (broad SMARTS) is 1. The Labute approximate surface area is 203 Å². The number of hydrogen-bond donors (Lipinski definition) is 2. The Bertz CT molecular complexity index is 1120. The summed E-state index contributed by atoms with van der Waals surface area (Å²) in [5.41, 5.74) is 2.01. The number of hydrogen-bond acceptors (Lipinski definition) is 6. The zero-order valence-corrected chi connectivity index (χ0v) is 20.1. The summed E-state index contributed by atoms with van der Waals surface area (Å²) in [5.74, 6) is 0.423. The fraction of sp³-hybridized carbons (Fsp3) is 0.269. The van der Waals surface area contributed by atoms with Crippen LogP contribution < -0.4 is 24.3 Å². The highest BCUT2D eigenvalue weighted by Crippen LogP contribution is 2.28. The molecular weight excluding hydrogens is 460 g/mol. The number of rotatable bonds is 10. The van der Waals surface area contributed by atoms with E-state index in [1.54, 1.807) is 32.4 Å². The van der Waals surface area contributed by atoms with Crippen LogP contribution in [0.2, 0.25) is 0 Å². The molecule has 0 fully saturated rings. The molecule has 0 bridgehead atoms. The summed E-state index contributed by atoms with van der Waals surface area (Å²) in [7, 11) is 6.21. The average Bonchev–Trinajstić information content (AvgIpc) is 2.85. The quantitative estimate of drug-likeness (QED) is 0.416. The minimum atomic E-state index is -0.864. The number of carboxylic acids is 1. The van der Waals surface area contributed by atoms with E-state index in [0.717, 1.165) is 11.6 Å². The first kappa shape index (κ1) is 27.2. The van der Waals surface area contributed by atoms with Gasteiger partial charge in [-0.05, 0) is 53.9 Å². The third-order valence-corrected chi connectivity index (χ3v) is 4.91. The zero-order valence-electron chi connectivity index (χ0n) is 20.1. The number of anilines is 1. The predicted octanol–water partition coefficient (Wildman–Crippen LogP) is 4.97. The average molecular weight is 490 g/mol. The molecule has 0 aliphatic heterocycles. The monoisotopic (exact) mass is 489 g/mol. The molecule has 0 heterocycles. The van der Waals surface area contributed by atoms with Crippen molar-refractivity contribution in [1.29, 1.82) is 0 Å². The van der Waals surface area contributed by atoms with Crippen molar-refractivity contribution in [3.8, 4) is 23.0 Å². The van der Waals surface area contributed by atoms with Gasteiger partial charge in [-0.15, -0.1) is 0 Å². The van der Waals surface area contributed by atoms with Gasteiger partial charge >= 0.3 is 5.97 Å². The van der Waals surface area contributed by atoms with Gasteiger partial charge in [0.25, 0.3) is 0 Å². The van der Waals surface area contributed by atoms with E-state index in [2.05, 4.69) is 5.32 Å². The highest BCUT2D eigenvalue weighted by atomic mass is 19.1. The molecule has 188 valence electrons. The summed E-state index contributed by atoms with van der Waals surface area (Å²) >= 11 is 0. The van der Waals surface area contributed by atoms with Crippen LogP contribution in [0.4, 0.5) is 14.5 Å². The van der Waals surface area contributed by atoms with E-state index in [1.165, 1.54) is 26.4 Å². The second-order valence-electron chi connectivity index (χ2n) is 7.25. The SMILES string of the molecule is COc1ccc(CC(=O)O)cc1OC.COc1ccc(CCNc2ccc(F)cc2F)cc1OC. The highest BCUT2D eigenvalue weighted by Gasteiger charge is 2.07. The van der Waals surface area contributed by atoms with Crippen LogP contribution in [0, 0.1) is 11.6 Å². The van der Waals surface area contributed by atoms with Gasteiger partial charge in [-0.1, -0.05) is 12.1 Å². The summed E-state index contributed by atoms with van der Waals surface area (Å²) in [5, 5.41) is 11.5. The van der Waals surface area contributed by atoms with Gasteiger partial charge in [0.1, 0.15) is 11.6 Å². The number of ether oxygens (including phenoxy) is 4. The van der Waals surface area contributed by atoms with Crippen LogP contribution in [0.1, 0.15) is 11.1 Å². The van der Waals surface area contributed by atoms with Crippen molar-refractivity contribution in [1.82, 2.24) is 0 Å². The molecule has 0 radical (unpaired) electrons. The summed E-state index contributed by atoms with van der Waals surface area (Å²) in [6.45, 7) is 0.526. The fourth-order valence-electron chi connectivity index (χ4n) is 3.18. The Morgan fingerprint density at radius 1 is 0.771 bits per heavy atom. The van der Waals surface area contributed by atoms with Crippen LogP contribution in [-0.2, 0) is 17.6 Å². The van der Waals surface area contributed by atoms with Gasteiger partial charge in [-0.3, -0.25) is 4.79 Å². The van der Waals surface area contributed by atoms with E-state index in [-0.39, 0.29) is 12.1 Å². The molecule has 7 nitrogen and oxygen atoms in total. The molecule has 0 saturated heterocycles. The molecule has 3 aromatic rings. The molecule has 0 aromatic heterocycles. The van der Waals surface area contributed by atoms with Crippen molar-refractivity contribution in [3.05, 3.63) is 77.4 Å². The van der Waals surface area contributed by atoms with Crippen LogP contribution in [-0.4, -0.2) is 46.1 Å². The predicted molar refractivity (Wildman–Crippen MR) is 129 cm³/mol. The van der Waals surface area contributed by atoms with Crippen molar-refractivity contribution in [2.75, 3.05) is 40.3 Å². The Morgan fingerprint density at radius 3 is 1.83 bits per heavy atom. The summed E-state index contributed by atoms with van der Waals surface area (Å²) in [6, 6.07) is 14.2. The maximum atomic E-state index is 13.5. The first-order valence-corrected chi connectivity index (χ1v) is 10.6. The molecule has 0 aliphatic rings. The molecule has 2 N–H and O–H groups in total. The topological polar surface area (TPSA) is 86.3 Å². The molecule has 0 unspecified atom stereocenters. The van der Waals surface area contributed by atoms with Crippen LogP contribution in [0.5, 0.6) is 23.0 Å². The largest absolute Gasteiger partial charge is 0.493 e. The molecular formula is C26H29F2NO6. The molecule has 3 aromatic carbocycles. The highest BCUT2D eigenvalue weighted by molar-refractivity contribution is 5.70. The number of methoxy groups -OCH3 is 4. The van der Waals surface area contributed by atoms with Gasteiger partial charge in [0.05, 0.1) is 40.5 Å². The molecule has 0 saturated carbocycles. The number of halogens is 2. The lowest BCUT2D eigenvalue weighted by atomic mass is 10.1. The van der Waals surface area contributed by atoms with Crippen LogP contribution in [0.3, 0.4) is 0 Å².